The van der Waals surface area contributed by atoms with Gasteiger partial charge in [-0.25, -0.2) is 0 Å². The van der Waals surface area contributed by atoms with Gasteiger partial charge in [0.2, 0.25) is 0 Å². The van der Waals surface area contributed by atoms with E-state index in [9.17, 15) is 0 Å². The van der Waals surface area contributed by atoms with Gasteiger partial charge in [0.05, 0.1) is 0 Å². The fourth-order valence-corrected chi connectivity index (χ4v) is 1.45. The quantitative estimate of drug-likeness (QED) is 0.623. The van der Waals surface area contributed by atoms with Gasteiger partial charge in [0.1, 0.15) is 0 Å². The van der Waals surface area contributed by atoms with Crippen LogP contribution >= 0.6 is 0 Å². The summed E-state index contributed by atoms with van der Waals surface area (Å²) in [5.74, 6) is 0.464. The summed E-state index contributed by atoms with van der Waals surface area (Å²) in [4.78, 5) is 3.04. The molecular formula is C9H17N3. The molecule has 0 fully saturated rings. The zero-order valence-electron chi connectivity index (χ0n) is 7.67. The van der Waals surface area contributed by atoms with Gasteiger partial charge in [-0.1, -0.05) is 6.92 Å². The molecule has 4 N–H and O–H groups in total. The van der Waals surface area contributed by atoms with Crippen LogP contribution in [-0.4, -0.2) is 18.6 Å². The Bertz CT molecular complexity index is 206. The lowest BCUT2D eigenvalue weighted by molar-refractivity contribution is 0.420. The Morgan fingerprint density at radius 1 is 1.67 bits per heavy atom. The van der Waals surface area contributed by atoms with Crippen molar-refractivity contribution < 1.29 is 0 Å². The van der Waals surface area contributed by atoms with Crippen molar-refractivity contribution in [3.63, 3.8) is 0 Å². The van der Waals surface area contributed by atoms with Crippen molar-refractivity contribution in [3.05, 3.63) is 24.0 Å². The topological polar surface area (TPSA) is 53.8 Å². The smallest absolute Gasteiger partial charge is 0.0370 e. The molecule has 0 radical (unpaired) electrons. The number of hydrogen-bond acceptors (Lipinski definition) is 2. The predicted molar refractivity (Wildman–Crippen MR) is 50.8 cm³/mol. The Balaban J connectivity index is 2.69. The van der Waals surface area contributed by atoms with E-state index in [4.69, 9.17) is 5.73 Å². The molecule has 68 valence electrons. The molecule has 3 nitrogen and oxygen atoms in total. The summed E-state index contributed by atoms with van der Waals surface area (Å²) in [6.45, 7) is 2.85. The molecule has 0 amide bonds. The van der Waals surface area contributed by atoms with Crippen LogP contribution in [0.25, 0.3) is 0 Å². The van der Waals surface area contributed by atoms with Gasteiger partial charge in [-0.2, -0.15) is 0 Å². The van der Waals surface area contributed by atoms with E-state index in [2.05, 4.69) is 23.3 Å². The number of nitrogens with two attached hydrogens (primary N) is 1. The average Bonchev–Trinajstić information content (AvgIpc) is 2.58. The summed E-state index contributed by atoms with van der Waals surface area (Å²) in [6, 6.07) is 2.44. The van der Waals surface area contributed by atoms with Crippen molar-refractivity contribution in [1.29, 1.82) is 0 Å². The third-order valence-electron chi connectivity index (χ3n) is 2.23. The SMILES string of the molecule is CNC(c1cc[nH]c1)C(C)CN. The second-order valence-electron chi connectivity index (χ2n) is 3.12. The lowest BCUT2D eigenvalue weighted by atomic mass is 9.97. The van der Waals surface area contributed by atoms with Crippen LogP contribution in [-0.2, 0) is 0 Å². The van der Waals surface area contributed by atoms with Gasteiger partial charge in [0, 0.05) is 18.4 Å². The van der Waals surface area contributed by atoms with E-state index in [0.717, 1.165) is 0 Å². The molecule has 0 spiro atoms. The normalized spacial score (nSPS) is 15.9. The molecular weight excluding hydrogens is 150 g/mol. The number of hydrogen-bond donors (Lipinski definition) is 3. The van der Waals surface area contributed by atoms with Gasteiger partial charge >= 0.3 is 0 Å². The molecule has 0 aliphatic carbocycles. The van der Waals surface area contributed by atoms with Gasteiger partial charge in [0.25, 0.3) is 0 Å². The molecule has 1 rings (SSSR count). The standard InChI is InChI=1S/C9H17N3/c1-7(5-10)9(11-2)8-3-4-12-6-8/h3-4,6-7,9,11-12H,5,10H2,1-2H3. The highest BCUT2D eigenvalue weighted by molar-refractivity contribution is 5.14. The highest BCUT2D eigenvalue weighted by Gasteiger charge is 2.15. The molecule has 0 aromatic carbocycles. The third kappa shape index (κ3) is 1.87. The van der Waals surface area contributed by atoms with Crippen molar-refractivity contribution in [2.75, 3.05) is 13.6 Å². The fraction of sp³-hybridized carbons (Fsp3) is 0.556. The predicted octanol–water partition coefficient (Wildman–Crippen LogP) is 0.870. The number of nitrogens with one attached hydrogen (secondary N) is 2. The molecule has 1 aromatic rings. The molecule has 0 aliphatic rings. The van der Waals surface area contributed by atoms with Gasteiger partial charge < -0.3 is 16.0 Å². The molecule has 12 heavy (non-hydrogen) atoms. The van der Waals surface area contributed by atoms with Gasteiger partial charge in [-0.05, 0) is 31.1 Å². The Morgan fingerprint density at radius 2 is 2.42 bits per heavy atom. The second-order valence-corrected chi connectivity index (χ2v) is 3.12. The van der Waals surface area contributed by atoms with E-state index in [1.807, 2.05) is 19.4 Å². The van der Waals surface area contributed by atoms with Crippen molar-refractivity contribution in [3.8, 4) is 0 Å². The summed E-state index contributed by atoms with van der Waals surface area (Å²) in [5, 5.41) is 3.26. The maximum absolute atomic E-state index is 5.60. The summed E-state index contributed by atoms with van der Waals surface area (Å²) in [7, 11) is 1.96. The summed E-state index contributed by atoms with van der Waals surface area (Å²) in [5.41, 5.74) is 6.88. The molecule has 1 aromatic heterocycles. The minimum Gasteiger partial charge on any atom is -0.367 e. The Hall–Kier alpha value is -0.800. The number of rotatable bonds is 4. The molecule has 0 saturated carbocycles. The van der Waals surface area contributed by atoms with Crippen molar-refractivity contribution in [2.24, 2.45) is 11.7 Å². The molecule has 0 bridgehead atoms. The van der Waals surface area contributed by atoms with Crippen LogP contribution < -0.4 is 11.1 Å². The largest absolute Gasteiger partial charge is 0.367 e. The molecule has 0 aliphatic heterocycles. The van der Waals surface area contributed by atoms with Gasteiger partial charge in [-0.15, -0.1) is 0 Å². The van der Waals surface area contributed by atoms with Crippen LogP contribution in [0.4, 0.5) is 0 Å². The van der Waals surface area contributed by atoms with Gasteiger partial charge in [-0.3, -0.25) is 0 Å². The van der Waals surface area contributed by atoms with Crippen molar-refractivity contribution in [2.45, 2.75) is 13.0 Å². The Morgan fingerprint density at radius 3 is 2.83 bits per heavy atom. The Labute approximate surface area is 73.4 Å². The Kier molecular flexibility index (Phi) is 3.31. The van der Waals surface area contributed by atoms with Crippen LogP contribution in [0.15, 0.2) is 18.5 Å². The maximum Gasteiger partial charge on any atom is 0.0370 e. The number of aromatic nitrogens is 1. The van der Waals surface area contributed by atoms with Crippen LogP contribution in [0.5, 0.6) is 0 Å². The maximum atomic E-state index is 5.60. The van der Waals surface area contributed by atoms with Crippen LogP contribution in [0.3, 0.4) is 0 Å². The third-order valence-corrected chi connectivity index (χ3v) is 2.23. The van der Waals surface area contributed by atoms with E-state index in [1.54, 1.807) is 0 Å². The van der Waals surface area contributed by atoms with Crippen LogP contribution in [0.2, 0.25) is 0 Å². The first-order chi connectivity index (χ1) is 5.79. The zero-order valence-corrected chi connectivity index (χ0v) is 7.67. The van der Waals surface area contributed by atoms with Crippen LogP contribution in [0.1, 0.15) is 18.5 Å². The molecule has 3 heteroatoms. The van der Waals surface area contributed by atoms with Gasteiger partial charge in [0.15, 0.2) is 0 Å². The highest BCUT2D eigenvalue weighted by atomic mass is 14.9. The van der Waals surface area contributed by atoms with E-state index in [1.165, 1.54) is 5.56 Å². The number of H-pyrrole nitrogens is 1. The molecule has 2 atom stereocenters. The average molecular weight is 167 g/mol. The first-order valence-corrected chi connectivity index (χ1v) is 4.29. The minimum absolute atomic E-state index is 0.362. The van der Waals surface area contributed by atoms with Crippen molar-refractivity contribution in [1.82, 2.24) is 10.3 Å². The fourth-order valence-electron chi connectivity index (χ4n) is 1.45. The minimum atomic E-state index is 0.362. The molecule has 2 unspecified atom stereocenters. The van der Waals surface area contributed by atoms with E-state index < -0.39 is 0 Å². The molecule has 1 heterocycles. The molecule has 0 saturated heterocycles. The highest BCUT2D eigenvalue weighted by Crippen LogP contribution is 2.19. The lowest BCUT2D eigenvalue weighted by Gasteiger charge is -2.21. The zero-order chi connectivity index (χ0) is 8.97. The summed E-state index contributed by atoms with van der Waals surface area (Å²) >= 11 is 0. The second kappa shape index (κ2) is 4.28. The van der Waals surface area contributed by atoms with E-state index >= 15 is 0 Å². The van der Waals surface area contributed by atoms with Crippen molar-refractivity contribution >= 4 is 0 Å². The lowest BCUT2D eigenvalue weighted by Crippen LogP contribution is -2.28. The number of aromatic amines is 1. The van der Waals surface area contributed by atoms with E-state index in [0.29, 0.717) is 18.5 Å². The first-order valence-electron chi connectivity index (χ1n) is 4.29. The monoisotopic (exact) mass is 167 g/mol. The van der Waals surface area contributed by atoms with Crippen LogP contribution in [0, 0.1) is 5.92 Å². The van der Waals surface area contributed by atoms with E-state index in [-0.39, 0.29) is 0 Å². The summed E-state index contributed by atoms with van der Waals surface area (Å²) in [6.07, 6.45) is 3.94. The summed E-state index contributed by atoms with van der Waals surface area (Å²) < 4.78 is 0. The first kappa shape index (κ1) is 9.29.